The van der Waals surface area contributed by atoms with Gasteiger partial charge in [0.1, 0.15) is 21.0 Å². The minimum atomic E-state index is -0.106. The van der Waals surface area contributed by atoms with Gasteiger partial charge < -0.3 is 8.85 Å². The molecule has 0 bridgehead atoms. The maximum absolute atomic E-state index is 4.98. The van der Waals surface area contributed by atoms with Crippen LogP contribution in [0.4, 0.5) is 0 Å². The maximum atomic E-state index is 4.98. The number of hydrogen-bond acceptors (Lipinski definition) is 4. The highest BCUT2D eigenvalue weighted by Crippen LogP contribution is 1.95. The zero-order valence-corrected chi connectivity index (χ0v) is 10.9. The molecule has 0 aromatic heterocycles. The van der Waals surface area contributed by atoms with Crippen molar-refractivity contribution in [3.8, 4) is 0 Å². The van der Waals surface area contributed by atoms with E-state index >= 15 is 0 Å². The van der Waals surface area contributed by atoms with Crippen LogP contribution in [0.1, 0.15) is 13.8 Å². The van der Waals surface area contributed by atoms with Crippen LogP contribution in [-0.2, 0) is 8.85 Å². The Morgan fingerprint density at radius 1 is 1.00 bits per heavy atom. The van der Waals surface area contributed by atoms with Gasteiger partial charge in [-0.3, -0.25) is 0 Å². The van der Waals surface area contributed by atoms with Gasteiger partial charge in [-0.1, -0.05) is 0 Å². The molecule has 6 heteroatoms. The van der Waals surface area contributed by atoms with Gasteiger partial charge in [0.2, 0.25) is 0 Å². The molecular weight excluding hydrogens is 164 g/mol. The highest BCUT2D eigenvalue weighted by molar-refractivity contribution is 5.98. The van der Waals surface area contributed by atoms with Crippen molar-refractivity contribution in [1.29, 1.82) is 0 Å². The minimum absolute atomic E-state index is 0.106. The van der Waals surface area contributed by atoms with Crippen LogP contribution in [0.5, 0.6) is 0 Å². The van der Waals surface area contributed by atoms with E-state index in [0.717, 1.165) is 0 Å². The standard InChI is InChI=1S/C4H14N2O2Si2/c1-3(7-9)5-6-4(2)8-10/h3-4H,1-2,9-10H3. The normalized spacial score (nSPS) is 18.2. The van der Waals surface area contributed by atoms with E-state index in [1.54, 1.807) is 0 Å². The molecule has 0 saturated heterocycles. The topological polar surface area (TPSA) is 43.2 Å². The third-order valence-corrected chi connectivity index (χ3v) is 2.44. The first-order valence-corrected chi connectivity index (χ1v) is 4.79. The molecule has 0 spiro atoms. The lowest BCUT2D eigenvalue weighted by atomic mass is 10.7. The van der Waals surface area contributed by atoms with Crippen molar-refractivity contribution in [2.75, 3.05) is 0 Å². The quantitative estimate of drug-likeness (QED) is 0.398. The molecule has 0 fully saturated rings. The van der Waals surface area contributed by atoms with Gasteiger partial charge >= 0.3 is 0 Å². The average molecular weight is 178 g/mol. The van der Waals surface area contributed by atoms with Crippen LogP contribution in [0.2, 0.25) is 0 Å². The summed E-state index contributed by atoms with van der Waals surface area (Å²) in [6, 6.07) is 0. The van der Waals surface area contributed by atoms with E-state index in [2.05, 4.69) is 10.2 Å². The largest absolute Gasteiger partial charge is 0.406 e. The molecule has 0 heterocycles. The third kappa shape index (κ3) is 4.80. The van der Waals surface area contributed by atoms with E-state index in [-0.39, 0.29) is 12.5 Å². The fourth-order valence-electron chi connectivity index (χ4n) is 0.282. The summed E-state index contributed by atoms with van der Waals surface area (Å²) in [5, 5.41) is 7.70. The fraction of sp³-hybridized carbons (Fsp3) is 1.00. The maximum Gasteiger partial charge on any atom is 0.155 e. The van der Waals surface area contributed by atoms with Crippen molar-refractivity contribution in [2.24, 2.45) is 10.2 Å². The van der Waals surface area contributed by atoms with E-state index < -0.39 is 0 Å². The summed E-state index contributed by atoms with van der Waals surface area (Å²) >= 11 is 0. The van der Waals surface area contributed by atoms with Crippen LogP contribution < -0.4 is 0 Å². The van der Waals surface area contributed by atoms with Gasteiger partial charge in [0.05, 0.1) is 0 Å². The predicted molar refractivity (Wildman–Crippen MR) is 45.8 cm³/mol. The minimum Gasteiger partial charge on any atom is -0.406 e. The molecule has 0 aromatic carbocycles. The van der Waals surface area contributed by atoms with E-state index in [0.29, 0.717) is 21.0 Å². The second kappa shape index (κ2) is 5.72. The highest BCUT2D eigenvalue weighted by atomic mass is 28.2. The fourth-order valence-corrected chi connectivity index (χ4v) is 0.471. The molecule has 2 unspecified atom stereocenters. The predicted octanol–water partition coefficient (Wildman–Crippen LogP) is -1.28. The Labute approximate surface area is 67.1 Å². The van der Waals surface area contributed by atoms with Crippen LogP contribution in [0, 0.1) is 0 Å². The first-order valence-electron chi connectivity index (χ1n) is 3.16. The molecule has 2 atom stereocenters. The van der Waals surface area contributed by atoms with E-state index in [4.69, 9.17) is 8.85 Å². The van der Waals surface area contributed by atoms with Crippen molar-refractivity contribution in [3.63, 3.8) is 0 Å². The number of nitrogens with zero attached hydrogens (tertiary/aromatic N) is 2. The Hall–Kier alpha value is -0.0462. The summed E-state index contributed by atoms with van der Waals surface area (Å²) in [7, 11) is 1.40. The zero-order chi connectivity index (χ0) is 7.98. The van der Waals surface area contributed by atoms with Gasteiger partial charge in [-0.05, 0) is 13.8 Å². The third-order valence-electron chi connectivity index (χ3n) is 1.07. The highest BCUT2D eigenvalue weighted by Gasteiger charge is 1.95. The molecule has 0 radical (unpaired) electrons. The summed E-state index contributed by atoms with van der Waals surface area (Å²) in [5.41, 5.74) is 0. The first kappa shape index (κ1) is 9.95. The van der Waals surface area contributed by atoms with Crippen molar-refractivity contribution in [1.82, 2.24) is 0 Å². The van der Waals surface area contributed by atoms with E-state index in [1.165, 1.54) is 0 Å². The molecule has 0 rings (SSSR count). The van der Waals surface area contributed by atoms with Crippen molar-refractivity contribution in [2.45, 2.75) is 26.3 Å². The number of hydrogen-bond donors (Lipinski definition) is 0. The molecule has 0 amide bonds. The summed E-state index contributed by atoms with van der Waals surface area (Å²) in [4.78, 5) is 0. The summed E-state index contributed by atoms with van der Waals surface area (Å²) in [5.74, 6) is 0. The molecular formula is C4H14N2O2Si2. The van der Waals surface area contributed by atoms with Crippen LogP contribution in [0.15, 0.2) is 10.2 Å². The molecule has 0 saturated carbocycles. The van der Waals surface area contributed by atoms with E-state index in [9.17, 15) is 0 Å². The second-order valence-corrected chi connectivity index (χ2v) is 2.84. The molecule has 0 aliphatic carbocycles. The molecule has 60 valence electrons. The summed E-state index contributed by atoms with van der Waals surface area (Å²) in [6.45, 7) is 3.71. The van der Waals surface area contributed by atoms with Gasteiger partial charge in [-0.25, -0.2) is 0 Å². The second-order valence-electron chi connectivity index (χ2n) is 1.90. The number of azo groups is 1. The van der Waals surface area contributed by atoms with Gasteiger partial charge in [0.25, 0.3) is 0 Å². The monoisotopic (exact) mass is 178 g/mol. The summed E-state index contributed by atoms with van der Waals surface area (Å²) < 4.78 is 9.96. The van der Waals surface area contributed by atoms with Crippen molar-refractivity contribution >= 4 is 21.0 Å². The Morgan fingerprint density at radius 3 is 1.50 bits per heavy atom. The lowest BCUT2D eigenvalue weighted by Gasteiger charge is -2.04. The van der Waals surface area contributed by atoms with Gasteiger partial charge in [0.15, 0.2) is 12.5 Å². The Kier molecular flexibility index (Phi) is 5.69. The molecule has 0 aromatic rings. The molecule has 0 aliphatic rings. The summed E-state index contributed by atoms with van der Waals surface area (Å²) in [6.07, 6.45) is -0.211. The van der Waals surface area contributed by atoms with E-state index in [1.807, 2.05) is 13.8 Å². The van der Waals surface area contributed by atoms with Crippen LogP contribution in [0.3, 0.4) is 0 Å². The smallest absolute Gasteiger partial charge is 0.155 e. The van der Waals surface area contributed by atoms with Gasteiger partial charge in [0, 0.05) is 0 Å². The molecule has 0 N–H and O–H groups in total. The Bertz CT molecular complexity index is 99.4. The Balaban J connectivity index is 3.52. The van der Waals surface area contributed by atoms with Crippen LogP contribution in [-0.4, -0.2) is 33.4 Å². The van der Waals surface area contributed by atoms with Crippen molar-refractivity contribution in [3.05, 3.63) is 0 Å². The van der Waals surface area contributed by atoms with Gasteiger partial charge in [-0.2, -0.15) is 10.2 Å². The molecule has 0 aliphatic heterocycles. The average Bonchev–Trinajstić information content (AvgIpc) is 1.99. The van der Waals surface area contributed by atoms with Crippen LogP contribution in [0.25, 0.3) is 0 Å². The first-order chi connectivity index (χ1) is 4.70. The van der Waals surface area contributed by atoms with Crippen molar-refractivity contribution < 1.29 is 8.85 Å². The van der Waals surface area contributed by atoms with Gasteiger partial charge in [-0.15, -0.1) is 0 Å². The number of rotatable bonds is 4. The SMILES string of the molecule is CC(N=NC(C)O[SiH3])O[SiH3]. The lowest BCUT2D eigenvalue weighted by Crippen LogP contribution is -2.04. The zero-order valence-electron chi connectivity index (χ0n) is 6.87. The van der Waals surface area contributed by atoms with Crippen LogP contribution >= 0.6 is 0 Å². The lowest BCUT2D eigenvalue weighted by molar-refractivity contribution is 0.206. The molecule has 4 nitrogen and oxygen atoms in total. The molecule has 10 heavy (non-hydrogen) atoms. The Morgan fingerprint density at radius 2 is 1.30 bits per heavy atom.